The fourth-order valence-electron chi connectivity index (χ4n) is 2.44. The van der Waals surface area contributed by atoms with Crippen LogP contribution in [0.3, 0.4) is 0 Å². The molecule has 0 bridgehead atoms. The minimum Gasteiger partial charge on any atom is -0.321 e. The van der Waals surface area contributed by atoms with Gasteiger partial charge in [0.2, 0.25) is 0 Å². The molecular formula is C19H20N4OS. The van der Waals surface area contributed by atoms with Gasteiger partial charge in [-0.3, -0.25) is 4.79 Å². The summed E-state index contributed by atoms with van der Waals surface area (Å²) < 4.78 is 0. The third-order valence-corrected chi connectivity index (χ3v) is 4.94. The van der Waals surface area contributed by atoms with Crippen LogP contribution in [-0.2, 0) is 6.42 Å². The van der Waals surface area contributed by atoms with Crippen LogP contribution in [0.1, 0.15) is 40.7 Å². The lowest BCUT2D eigenvalue weighted by molar-refractivity contribution is 0.103. The first-order chi connectivity index (χ1) is 12.2. The number of nitrogens with zero attached hydrogens (tertiary/aromatic N) is 3. The number of anilines is 1. The highest BCUT2D eigenvalue weighted by molar-refractivity contribution is 7.17. The summed E-state index contributed by atoms with van der Waals surface area (Å²) >= 11 is 1.31. The van der Waals surface area contributed by atoms with E-state index in [4.69, 9.17) is 0 Å². The van der Waals surface area contributed by atoms with Gasteiger partial charge in [-0.2, -0.15) is 0 Å². The number of rotatable bonds is 6. The lowest BCUT2D eigenvalue weighted by atomic mass is 10.1. The number of aromatic nitrogens is 3. The molecule has 5 nitrogen and oxygen atoms in total. The Morgan fingerprint density at radius 1 is 1.16 bits per heavy atom. The van der Waals surface area contributed by atoms with Gasteiger partial charge >= 0.3 is 0 Å². The van der Waals surface area contributed by atoms with Crippen LogP contribution in [0.15, 0.2) is 42.7 Å². The molecule has 0 spiro atoms. The number of thiazole rings is 1. The molecule has 0 saturated carbocycles. The zero-order valence-corrected chi connectivity index (χ0v) is 15.1. The molecule has 1 N–H and O–H groups in total. The molecule has 0 fully saturated rings. The first-order valence-electron chi connectivity index (χ1n) is 8.32. The molecule has 0 unspecified atom stereocenters. The van der Waals surface area contributed by atoms with Crippen LogP contribution in [0.5, 0.6) is 0 Å². The molecule has 0 aliphatic rings. The van der Waals surface area contributed by atoms with E-state index in [2.05, 4.69) is 39.3 Å². The molecule has 0 aliphatic heterocycles. The largest absolute Gasteiger partial charge is 0.321 e. The number of hydrogen-bond acceptors (Lipinski definition) is 5. The molecule has 2 heterocycles. The number of unbranched alkanes of at least 4 members (excludes halogenated alkanes) is 1. The van der Waals surface area contributed by atoms with Crippen molar-refractivity contribution in [2.45, 2.75) is 33.1 Å². The second-order valence-corrected chi connectivity index (χ2v) is 6.76. The number of benzene rings is 1. The lowest BCUT2D eigenvalue weighted by Gasteiger charge is -2.05. The topological polar surface area (TPSA) is 67.8 Å². The highest BCUT2D eigenvalue weighted by Crippen LogP contribution is 2.26. The summed E-state index contributed by atoms with van der Waals surface area (Å²) in [6.07, 6.45) is 6.75. The molecule has 2 aromatic heterocycles. The average Bonchev–Trinajstić information content (AvgIpc) is 3.04. The number of carbonyl (C=O) groups excluding carboxylic acids is 1. The summed E-state index contributed by atoms with van der Waals surface area (Å²) in [6, 6.07) is 9.77. The zero-order valence-electron chi connectivity index (χ0n) is 14.3. The maximum absolute atomic E-state index is 12.6. The Kier molecular flexibility index (Phi) is 5.50. The van der Waals surface area contributed by atoms with Crippen LogP contribution in [0.25, 0.3) is 10.8 Å². The Morgan fingerprint density at radius 3 is 2.56 bits per heavy atom. The van der Waals surface area contributed by atoms with E-state index in [0.717, 1.165) is 12.1 Å². The molecule has 3 aromatic rings. The van der Waals surface area contributed by atoms with Crippen LogP contribution in [-0.4, -0.2) is 20.9 Å². The van der Waals surface area contributed by atoms with Crippen molar-refractivity contribution >= 4 is 22.9 Å². The summed E-state index contributed by atoms with van der Waals surface area (Å²) in [5, 5.41) is 3.59. The van der Waals surface area contributed by atoms with E-state index in [1.54, 1.807) is 18.5 Å². The predicted octanol–water partition coefficient (Wildman–Crippen LogP) is 4.50. The third-order valence-electron chi connectivity index (χ3n) is 3.79. The van der Waals surface area contributed by atoms with Crippen molar-refractivity contribution < 1.29 is 4.79 Å². The van der Waals surface area contributed by atoms with Crippen molar-refractivity contribution in [3.05, 3.63) is 58.9 Å². The molecule has 0 radical (unpaired) electrons. The average molecular weight is 352 g/mol. The molecule has 0 aliphatic carbocycles. The number of aryl methyl sites for hydroxylation is 2. The van der Waals surface area contributed by atoms with Gasteiger partial charge in [0.1, 0.15) is 4.88 Å². The number of amides is 1. The second-order valence-electron chi connectivity index (χ2n) is 5.76. The third kappa shape index (κ3) is 4.28. The van der Waals surface area contributed by atoms with Gasteiger partial charge < -0.3 is 5.32 Å². The van der Waals surface area contributed by atoms with Crippen molar-refractivity contribution in [1.82, 2.24) is 15.0 Å². The number of nitrogens with one attached hydrogen (secondary N) is 1. The summed E-state index contributed by atoms with van der Waals surface area (Å²) in [5.41, 5.74) is 2.76. The summed E-state index contributed by atoms with van der Waals surface area (Å²) in [4.78, 5) is 25.9. The Balaban J connectivity index is 1.72. The highest BCUT2D eigenvalue weighted by Gasteiger charge is 2.17. The monoisotopic (exact) mass is 352 g/mol. The minimum atomic E-state index is -0.154. The van der Waals surface area contributed by atoms with Gasteiger partial charge in [0.15, 0.2) is 10.8 Å². The molecule has 3 rings (SSSR count). The van der Waals surface area contributed by atoms with Crippen molar-refractivity contribution in [3.8, 4) is 10.8 Å². The Hall–Kier alpha value is -2.60. The van der Waals surface area contributed by atoms with Gasteiger partial charge in [0, 0.05) is 18.1 Å². The second kappa shape index (κ2) is 7.98. The van der Waals surface area contributed by atoms with Gasteiger partial charge in [0.05, 0.1) is 5.69 Å². The van der Waals surface area contributed by atoms with E-state index in [1.807, 2.05) is 19.1 Å². The Bertz CT molecular complexity index is 844. The van der Waals surface area contributed by atoms with E-state index >= 15 is 0 Å². The first kappa shape index (κ1) is 17.2. The Morgan fingerprint density at radius 2 is 1.88 bits per heavy atom. The van der Waals surface area contributed by atoms with Crippen LogP contribution < -0.4 is 5.32 Å². The molecule has 128 valence electrons. The van der Waals surface area contributed by atoms with Gasteiger partial charge in [0.25, 0.3) is 5.91 Å². The molecule has 6 heteroatoms. The minimum absolute atomic E-state index is 0.154. The van der Waals surface area contributed by atoms with E-state index < -0.39 is 0 Å². The maximum Gasteiger partial charge on any atom is 0.267 e. The molecule has 25 heavy (non-hydrogen) atoms. The van der Waals surface area contributed by atoms with Gasteiger partial charge in [-0.25, -0.2) is 15.0 Å². The van der Waals surface area contributed by atoms with Crippen LogP contribution in [0.2, 0.25) is 0 Å². The summed E-state index contributed by atoms with van der Waals surface area (Å²) in [5.74, 6) is 0.383. The molecule has 0 atom stereocenters. The van der Waals surface area contributed by atoms with E-state index in [-0.39, 0.29) is 5.91 Å². The number of hydrogen-bond donors (Lipinski definition) is 1. The quantitative estimate of drug-likeness (QED) is 0.709. The fraction of sp³-hybridized carbons (Fsp3) is 0.263. The summed E-state index contributed by atoms with van der Waals surface area (Å²) in [7, 11) is 0. The molecule has 1 aromatic carbocycles. The van der Waals surface area contributed by atoms with Crippen molar-refractivity contribution in [1.29, 1.82) is 0 Å². The SMILES string of the molecule is CCCCc1ccc(NC(=O)c2sc(-c3ncccn3)nc2C)cc1. The maximum atomic E-state index is 12.6. The molecular weight excluding hydrogens is 332 g/mol. The van der Waals surface area contributed by atoms with Crippen molar-refractivity contribution in [3.63, 3.8) is 0 Å². The van der Waals surface area contributed by atoms with E-state index in [9.17, 15) is 4.79 Å². The molecule has 1 amide bonds. The van der Waals surface area contributed by atoms with Gasteiger partial charge in [-0.15, -0.1) is 11.3 Å². The molecule has 0 saturated heterocycles. The van der Waals surface area contributed by atoms with Crippen LogP contribution in [0, 0.1) is 6.92 Å². The first-order valence-corrected chi connectivity index (χ1v) is 9.14. The summed E-state index contributed by atoms with van der Waals surface area (Å²) in [6.45, 7) is 4.01. The van der Waals surface area contributed by atoms with Crippen LogP contribution >= 0.6 is 11.3 Å². The van der Waals surface area contributed by atoms with E-state index in [0.29, 0.717) is 21.4 Å². The van der Waals surface area contributed by atoms with Crippen molar-refractivity contribution in [2.75, 3.05) is 5.32 Å². The van der Waals surface area contributed by atoms with E-state index in [1.165, 1.54) is 29.7 Å². The fourth-order valence-corrected chi connectivity index (χ4v) is 3.35. The van der Waals surface area contributed by atoms with Crippen molar-refractivity contribution in [2.24, 2.45) is 0 Å². The normalized spacial score (nSPS) is 10.6. The standard InChI is InChI=1S/C19H20N4OS/c1-3-4-6-14-7-9-15(10-8-14)23-18(24)16-13(2)22-19(25-16)17-20-11-5-12-21-17/h5,7-12H,3-4,6H2,1-2H3,(H,23,24). The Labute approximate surface area is 151 Å². The number of carbonyl (C=O) groups is 1. The van der Waals surface area contributed by atoms with Gasteiger partial charge in [-0.1, -0.05) is 25.5 Å². The smallest absolute Gasteiger partial charge is 0.267 e. The predicted molar refractivity (Wildman–Crippen MR) is 101 cm³/mol. The zero-order chi connectivity index (χ0) is 17.6. The van der Waals surface area contributed by atoms with Gasteiger partial charge in [-0.05, 0) is 43.5 Å². The highest BCUT2D eigenvalue weighted by atomic mass is 32.1. The lowest BCUT2D eigenvalue weighted by Crippen LogP contribution is -2.11. The van der Waals surface area contributed by atoms with Crippen LogP contribution in [0.4, 0.5) is 5.69 Å².